The molecule has 2 aromatic rings. The third-order valence-corrected chi connectivity index (χ3v) is 2.92. The van der Waals surface area contributed by atoms with Gasteiger partial charge in [0.1, 0.15) is 5.82 Å². The van der Waals surface area contributed by atoms with Gasteiger partial charge in [-0.1, -0.05) is 37.3 Å². The maximum absolute atomic E-state index is 4.44. The summed E-state index contributed by atoms with van der Waals surface area (Å²) in [6, 6.07) is 12.6. The zero-order valence-electron chi connectivity index (χ0n) is 11.4. The van der Waals surface area contributed by atoms with Crippen molar-refractivity contribution in [1.29, 1.82) is 0 Å². The summed E-state index contributed by atoms with van der Waals surface area (Å²) in [7, 11) is 0. The molecule has 0 aliphatic rings. The van der Waals surface area contributed by atoms with Crippen LogP contribution in [-0.4, -0.2) is 16.5 Å². The number of aromatic nitrogens is 2. The maximum atomic E-state index is 4.44. The van der Waals surface area contributed by atoms with Crippen LogP contribution in [0.25, 0.3) is 0 Å². The van der Waals surface area contributed by atoms with Crippen LogP contribution in [0.4, 0.5) is 11.8 Å². The van der Waals surface area contributed by atoms with Crippen molar-refractivity contribution in [2.45, 2.75) is 26.3 Å². The van der Waals surface area contributed by atoms with Crippen molar-refractivity contribution < 1.29 is 0 Å². The highest BCUT2D eigenvalue weighted by molar-refractivity contribution is 5.42. The molecule has 1 heterocycles. The van der Waals surface area contributed by atoms with Gasteiger partial charge in [0.25, 0.3) is 0 Å². The van der Waals surface area contributed by atoms with E-state index in [0.717, 1.165) is 18.8 Å². The molecule has 0 bridgehead atoms. The highest BCUT2D eigenvalue weighted by Gasteiger charge is 2.09. The topological polar surface area (TPSA) is 49.8 Å². The lowest BCUT2D eigenvalue weighted by molar-refractivity contribution is 0.744. The standard InChI is InChI=1S/C15H20N4/c1-3-13(12-8-6-5-7-9-12)18-14-10-11-17-15(19-14)16-4-2/h5-11,13H,3-4H2,1-2H3,(H2,16,17,18,19). The van der Waals surface area contributed by atoms with Gasteiger partial charge in [-0.3, -0.25) is 0 Å². The van der Waals surface area contributed by atoms with Crippen LogP contribution in [0, 0.1) is 0 Å². The quantitative estimate of drug-likeness (QED) is 0.831. The molecule has 100 valence electrons. The first kappa shape index (κ1) is 13.3. The Morgan fingerprint density at radius 1 is 1.11 bits per heavy atom. The molecule has 1 aromatic carbocycles. The summed E-state index contributed by atoms with van der Waals surface area (Å²) in [5, 5.41) is 6.57. The average molecular weight is 256 g/mol. The summed E-state index contributed by atoms with van der Waals surface area (Å²) in [5.41, 5.74) is 1.27. The van der Waals surface area contributed by atoms with Gasteiger partial charge in [0.2, 0.25) is 5.95 Å². The van der Waals surface area contributed by atoms with Gasteiger partial charge in [-0.15, -0.1) is 0 Å². The van der Waals surface area contributed by atoms with Gasteiger partial charge >= 0.3 is 0 Å². The normalized spacial score (nSPS) is 11.9. The average Bonchev–Trinajstić information content (AvgIpc) is 2.46. The fraction of sp³-hybridized carbons (Fsp3) is 0.333. The first-order valence-electron chi connectivity index (χ1n) is 6.72. The van der Waals surface area contributed by atoms with E-state index in [0.29, 0.717) is 5.95 Å². The molecular weight excluding hydrogens is 236 g/mol. The largest absolute Gasteiger partial charge is 0.363 e. The second-order valence-electron chi connectivity index (χ2n) is 4.31. The monoisotopic (exact) mass is 256 g/mol. The molecule has 1 atom stereocenters. The van der Waals surface area contributed by atoms with Crippen LogP contribution in [0.5, 0.6) is 0 Å². The fourth-order valence-electron chi connectivity index (χ4n) is 1.97. The van der Waals surface area contributed by atoms with Crippen LogP contribution in [0.2, 0.25) is 0 Å². The van der Waals surface area contributed by atoms with Crippen molar-refractivity contribution in [2.75, 3.05) is 17.2 Å². The third-order valence-electron chi connectivity index (χ3n) is 2.92. The van der Waals surface area contributed by atoms with Gasteiger partial charge < -0.3 is 10.6 Å². The minimum Gasteiger partial charge on any atom is -0.363 e. The molecule has 4 nitrogen and oxygen atoms in total. The van der Waals surface area contributed by atoms with Crippen molar-refractivity contribution >= 4 is 11.8 Å². The first-order valence-corrected chi connectivity index (χ1v) is 6.72. The second kappa shape index (κ2) is 6.73. The Kier molecular flexibility index (Phi) is 4.72. The minimum absolute atomic E-state index is 0.269. The number of nitrogens with one attached hydrogen (secondary N) is 2. The van der Waals surface area contributed by atoms with Gasteiger partial charge in [0.15, 0.2) is 0 Å². The van der Waals surface area contributed by atoms with Crippen molar-refractivity contribution in [3.05, 3.63) is 48.2 Å². The molecule has 0 amide bonds. The molecule has 2 N–H and O–H groups in total. The number of hydrogen-bond acceptors (Lipinski definition) is 4. The Balaban J connectivity index is 2.12. The molecule has 19 heavy (non-hydrogen) atoms. The molecule has 4 heteroatoms. The Morgan fingerprint density at radius 3 is 2.58 bits per heavy atom. The van der Waals surface area contributed by atoms with Gasteiger partial charge in [0, 0.05) is 12.7 Å². The van der Waals surface area contributed by atoms with Crippen LogP contribution in [-0.2, 0) is 0 Å². The highest BCUT2D eigenvalue weighted by Crippen LogP contribution is 2.21. The molecule has 0 radical (unpaired) electrons. The molecule has 0 fully saturated rings. The van der Waals surface area contributed by atoms with Crippen LogP contribution < -0.4 is 10.6 Å². The predicted molar refractivity (Wildman–Crippen MR) is 79.3 cm³/mol. The van der Waals surface area contributed by atoms with Gasteiger partial charge in [-0.25, -0.2) is 4.98 Å². The smallest absolute Gasteiger partial charge is 0.224 e. The molecule has 1 unspecified atom stereocenters. The number of hydrogen-bond donors (Lipinski definition) is 2. The number of rotatable bonds is 6. The summed E-state index contributed by atoms with van der Waals surface area (Å²) in [6.07, 6.45) is 2.77. The summed E-state index contributed by atoms with van der Waals surface area (Å²) in [4.78, 5) is 8.62. The zero-order chi connectivity index (χ0) is 13.5. The lowest BCUT2D eigenvalue weighted by atomic mass is 10.0. The summed E-state index contributed by atoms with van der Waals surface area (Å²) in [6.45, 7) is 5.01. The SMILES string of the molecule is CCNc1nccc(NC(CC)c2ccccc2)n1. The van der Waals surface area contributed by atoms with Gasteiger partial charge in [-0.2, -0.15) is 4.98 Å². The summed E-state index contributed by atoms with van der Waals surface area (Å²) in [5.74, 6) is 1.51. The predicted octanol–water partition coefficient (Wildman–Crippen LogP) is 3.47. The molecule has 0 spiro atoms. The van der Waals surface area contributed by atoms with Crippen molar-refractivity contribution in [3.63, 3.8) is 0 Å². The number of anilines is 2. The number of nitrogens with zero attached hydrogens (tertiary/aromatic N) is 2. The van der Waals surface area contributed by atoms with Gasteiger partial charge in [-0.05, 0) is 25.0 Å². The Labute approximate surface area is 114 Å². The Bertz CT molecular complexity index is 499. The summed E-state index contributed by atoms with van der Waals surface area (Å²) < 4.78 is 0. The lowest BCUT2D eigenvalue weighted by Gasteiger charge is -2.18. The van der Waals surface area contributed by atoms with Crippen molar-refractivity contribution in [1.82, 2.24) is 9.97 Å². The van der Waals surface area contributed by atoms with E-state index in [4.69, 9.17) is 0 Å². The maximum Gasteiger partial charge on any atom is 0.224 e. The van der Waals surface area contributed by atoms with E-state index in [-0.39, 0.29) is 6.04 Å². The minimum atomic E-state index is 0.269. The van der Waals surface area contributed by atoms with Crippen LogP contribution in [0.3, 0.4) is 0 Å². The molecule has 0 aliphatic heterocycles. The molecule has 2 rings (SSSR count). The number of benzene rings is 1. The van der Waals surface area contributed by atoms with E-state index < -0.39 is 0 Å². The van der Waals surface area contributed by atoms with Crippen LogP contribution >= 0.6 is 0 Å². The second-order valence-corrected chi connectivity index (χ2v) is 4.31. The van der Waals surface area contributed by atoms with Crippen molar-refractivity contribution in [3.8, 4) is 0 Å². The van der Waals surface area contributed by atoms with E-state index in [1.807, 2.05) is 19.1 Å². The van der Waals surface area contributed by atoms with E-state index in [1.165, 1.54) is 5.56 Å². The van der Waals surface area contributed by atoms with E-state index in [2.05, 4.69) is 51.8 Å². The Morgan fingerprint density at radius 2 is 1.89 bits per heavy atom. The van der Waals surface area contributed by atoms with E-state index in [9.17, 15) is 0 Å². The Hall–Kier alpha value is -2.10. The molecular formula is C15H20N4. The molecule has 0 saturated heterocycles. The molecule has 1 aromatic heterocycles. The third kappa shape index (κ3) is 3.68. The van der Waals surface area contributed by atoms with E-state index in [1.54, 1.807) is 6.20 Å². The van der Waals surface area contributed by atoms with E-state index >= 15 is 0 Å². The summed E-state index contributed by atoms with van der Waals surface area (Å²) >= 11 is 0. The molecule has 0 aliphatic carbocycles. The van der Waals surface area contributed by atoms with Crippen LogP contribution in [0.15, 0.2) is 42.6 Å². The van der Waals surface area contributed by atoms with Gasteiger partial charge in [0.05, 0.1) is 6.04 Å². The molecule has 0 saturated carbocycles. The van der Waals surface area contributed by atoms with Crippen LogP contribution in [0.1, 0.15) is 31.9 Å². The zero-order valence-corrected chi connectivity index (χ0v) is 11.4. The fourth-order valence-corrected chi connectivity index (χ4v) is 1.97. The highest BCUT2D eigenvalue weighted by atomic mass is 15.1. The lowest BCUT2D eigenvalue weighted by Crippen LogP contribution is -2.12. The first-order chi connectivity index (χ1) is 9.33. The van der Waals surface area contributed by atoms with Crippen molar-refractivity contribution in [2.24, 2.45) is 0 Å².